The minimum atomic E-state index is -1.37. The number of carboxylic acid groups (broad SMARTS) is 1. The Balaban J connectivity index is 0.00000192. The Kier molecular flexibility index (Phi) is 4.61. The summed E-state index contributed by atoms with van der Waals surface area (Å²) in [6, 6.07) is 2.01. The molecule has 1 aliphatic carbocycles. The molecule has 0 unspecified atom stereocenters. The standard InChI is InChI=1S/C17H16N6O4.Li/c24-16(25)13-9-22(20-19-13)8-12-7-21-6-11(10-1-2-10)5-14(15(21)18-12)23-3-4-27-17(23)26;/h5-7,9-10H,1-4,8H2,(H,24,25);/q;+1/p-1. The summed E-state index contributed by atoms with van der Waals surface area (Å²) in [5.74, 6) is -0.862. The number of cyclic esters (lactones) is 1. The fourth-order valence-electron chi connectivity index (χ4n) is 3.31. The zero-order chi connectivity index (χ0) is 18.5. The number of ether oxygens (including phenoxy) is 1. The van der Waals surface area contributed by atoms with Crippen LogP contribution in [-0.4, -0.2) is 49.6 Å². The van der Waals surface area contributed by atoms with Crippen molar-refractivity contribution in [3.8, 4) is 0 Å². The summed E-state index contributed by atoms with van der Waals surface area (Å²) in [4.78, 5) is 29.1. The number of fused-ring (bicyclic) bond motifs is 1. The number of aromatic nitrogens is 5. The van der Waals surface area contributed by atoms with Gasteiger partial charge in [-0.1, -0.05) is 5.21 Å². The molecule has 0 bridgehead atoms. The van der Waals surface area contributed by atoms with Crippen molar-refractivity contribution in [3.05, 3.63) is 41.6 Å². The van der Waals surface area contributed by atoms with Gasteiger partial charge >= 0.3 is 25.0 Å². The van der Waals surface area contributed by atoms with Crippen molar-refractivity contribution in [1.82, 2.24) is 24.4 Å². The molecule has 10 nitrogen and oxygen atoms in total. The SMILES string of the molecule is O=C([O-])c1cn(Cc2cn3cc(C4CC4)cc(N4CCOC4=O)c3n2)nn1.[Li+]. The van der Waals surface area contributed by atoms with Gasteiger partial charge in [0.25, 0.3) is 0 Å². The van der Waals surface area contributed by atoms with Crippen LogP contribution in [0.15, 0.2) is 24.7 Å². The Morgan fingerprint density at radius 1 is 1.29 bits per heavy atom. The van der Waals surface area contributed by atoms with Gasteiger partial charge in [0, 0.05) is 12.4 Å². The van der Waals surface area contributed by atoms with Gasteiger partial charge in [-0.25, -0.2) is 14.5 Å². The Morgan fingerprint density at radius 2 is 2.11 bits per heavy atom. The molecular weight excluding hydrogens is 359 g/mol. The van der Waals surface area contributed by atoms with Gasteiger partial charge in [-0.2, -0.15) is 0 Å². The molecule has 0 aromatic carbocycles. The summed E-state index contributed by atoms with van der Waals surface area (Å²) < 4.78 is 8.37. The molecule has 1 saturated carbocycles. The first-order valence-corrected chi connectivity index (χ1v) is 8.66. The van der Waals surface area contributed by atoms with Gasteiger partial charge in [-0.05, 0) is 30.4 Å². The summed E-state index contributed by atoms with van der Waals surface area (Å²) in [6.07, 6.45) is 7.09. The summed E-state index contributed by atoms with van der Waals surface area (Å²) >= 11 is 0. The Bertz CT molecular complexity index is 1070. The van der Waals surface area contributed by atoms with Crippen molar-refractivity contribution in [2.45, 2.75) is 25.3 Å². The third-order valence-corrected chi connectivity index (χ3v) is 4.77. The van der Waals surface area contributed by atoms with E-state index < -0.39 is 5.97 Å². The van der Waals surface area contributed by atoms with E-state index in [0.717, 1.165) is 18.5 Å². The van der Waals surface area contributed by atoms with E-state index in [1.807, 2.05) is 22.9 Å². The van der Waals surface area contributed by atoms with Gasteiger partial charge in [0.05, 0.1) is 36.6 Å². The van der Waals surface area contributed by atoms with Crippen molar-refractivity contribution >= 4 is 23.4 Å². The number of nitrogens with zero attached hydrogens (tertiary/aromatic N) is 6. The predicted molar refractivity (Wildman–Crippen MR) is 89.3 cm³/mol. The molecule has 0 radical (unpaired) electrons. The molecule has 2 fully saturated rings. The zero-order valence-electron chi connectivity index (χ0n) is 15.2. The van der Waals surface area contributed by atoms with Gasteiger partial charge in [0.2, 0.25) is 0 Å². The van der Waals surface area contributed by atoms with Crippen molar-refractivity contribution in [2.75, 3.05) is 18.1 Å². The fraction of sp³-hybridized carbons (Fsp3) is 0.353. The number of aromatic carboxylic acids is 1. The monoisotopic (exact) mass is 374 g/mol. The summed E-state index contributed by atoms with van der Waals surface area (Å²) in [6.45, 7) is 1.10. The van der Waals surface area contributed by atoms with Crippen LogP contribution >= 0.6 is 0 Å². The predicted octanol–water partition coefficient (Wildman–Crippen LogP) is -2.82. The van der Waals surface area contributed by atoms with E-state index in [1.165, 1.54) is 16.4 Å². The largest absolute Gasteiger partial charge is 1.00 e. The van der Waals surface area contributed by atoms with Crippen molar-refractivity contribution in [1.29, 1.82) is 0 Å². The van der Waals surface area contributed by atoms with Crippen LogP contribution in [0.4, 0.5) is 10.5 Å². The number of imidazole rings is 1. The molecular formula is C17H15LiN6O4. The minimum absolute atomic E-state index is 0. The van der Waals surface area contributed by atoms with Crippen LogP contribution in [-0.2, 0) is 11.3 Å². The topological polar surface area (TPSA) is 118 Å². The first-order chi connectivity index (χ1) is 13.1. The molecule has 3 aromatic heterocycles. The second-order valence-corrected chi connectivity index (χ2v) is 6.75. The number of hydrogen-bond donors (Lipinski definition) is 0. The van der Waals surface area contributed by atoms with E-state index in [4.69, 9.17) is 4.74 Å². The van der Waals surface area contributed by atoms with E-state index in [2.05, 4.69) is 15.3 Å². The molecule has 1 saturated heterocycles. The van der Waals surface area contributed by atoms with E-state index in [1.54, 1.807) is 4.90 Å². The van der Waals surface area contributed by atoms with Crippen molar-refractivity contribution in [3.63, 3.8) is 0 Å². The van der Waals surface area contributed by atoms with Crippen LogP contribution in [0.5, 0.6) is 0 Å². The molecule has 1 amide bonds. The van der Waals surface area contributed by atoms with Crippen LogP contribution in [0, 0.1) is 0 Å². The first kappa shape index (κ1) is 18.5. The number of hydrogen-bond acceptors (Lipinski definition) is 7. The van der Waals surface area contributed by atoms with Crippen molar-refractivity contribution < 1.29 is 38.3 Å². The maximum atomic E-state index is 12.1. The molecule has 0 atom stereocenters. The molecule has 5 rings (SSSR count). The van der Waals surface area contributed by atoms with Gasteiger partial charge in [0.1, 0.15) is 12.3 Å². The number of carbonyl (C=O) groups excluding carboxylic acids is 2. The van der Waals surface area contributed by atoms with Crippen LogP contribution in [0.2, 0.25) is 0 Å². The first-order valence-electron chi connectivity index (χ1n) is 8.66. The van der Waals surface area contributed by atoms with Crippen molar-refractivity contribution in [2.24, 2.45) is 0 Å². The van der Waals surface area contributed by atoms with Gasteiger partial charge in [-0.15, -0.1) is 5.10 Å². The van der Waals surface area contributed by atoms with Gasteiger partial charge < -0.3 is 19.0 Å². The minimum Gasteiger partial charge on any atom is -0.543 e. The second-order valence-electron chi connectivity index (χ2n) is 6.75. The Labute approximate surface area is 171 Å². The number of anilines is 1. The molecule has 4 heterocycles. The maximum absolute atomic E-state index is 12.1. The molecule has 11 heteroatoms. The zero-order valence-corrected chi connectivity index (χ0v) is 15.2. The van der Waals surface area contributed by atoms with E-state index >= 15 is 0 Å². The summed E-state index contributed by atoms with van der Waals surface area (Å²) in [5, 5.41) is 18.2. The normalized spacial score (nSPS) is 16.3. The molecule has 0 N–H and O–H groups in total. The van der Waals surface area contributed by atoms with E-state index in [0.29, 0.717) is 30.4 Å². The molecule has 1 aliphatic heterocycles. The summed E-state index contributed by atoms with van der Waals surface area (Å²) in [5.41, 5.74) is 2.98. The van der Waals surface area contributed by atoms with Crippen LogP contribution < -0.4 is 28.9 Å². The number of pyridine rings is 1. The fourth-order valence-corrected chi connectivity index (χ4v) is 3.31. The molecule has 3 aromatic rings. The smallest absolute Gasteiger partial charge is 0.543 e. The molecule has 138 valence electrons. The molecule has 2 aliphatic rings. The Hall–Kier alpha value is -2.83. The van der Waals surface area contributed by atoms with Crippen LogP contribution in [0.1, 0.15) is 40.5 Å². The van der Waals surface area contributed by atoms with E-state index in [9.17, 15) is 14.7 Å². The maximum Gasteiger partial charge on any atom is 1.00 e. The quantitative estimate of drug-likeness (QED) is 0.442. The number of carboxylic acids is 1. The summed E-state index contributed by atoms with van der Waals surface area (Å²) in [7, 11) is 0. The van der Waals surface area contributed by atoms with Crippen LogP contribution in [0.25, 0.3) is 5.65 Å². The number of carbonyl (C=O) groups is 2. The molecule has 28 heavy (non-hydrogen) atoms. The van der Waals surface area contributed by atoms with Crippen LogP contribution in [0.3, 0.4) is 0 Å². The van der Waals surface area contributed by atoms with E-state index in [-0.39, 0.29) is 37.2 Å². The molecule has 0 spiro atoms. The Morgan fingerprint density at radius 3 is 2.75 bits per heavy atom. The van der Waals surface area contributed by atoms with Gasteiger partial charge in [-0.3, -0.25) is 4.90 Å². The average Bonchev–Trinajstić information content (AvgIpc) is 3.03. The second kappa shape index (κ2) is 6.96. The van der Waals surface area contributed by atoms with Gasteiger partial charge in [0.15, 0.2) is 5.65 Å². The number of rotatable bonds is 5. The average molecular weight is 374 g/mol. The number of amides is 1. The third kappa shape index (κ3) is 3.25. The third-order valence-electron chi connectivity index (χ3n) is 4.77.